The summed E-state index contributed by atoms with van der Waals surface area (Å²) in [6.07, 6.45) is -0.652. The Balaban J connectivity index is 1.24. The van der Waals surface area contributed by atoms with Crippen LogP contribution in [0.5, 0.6) is 0 Å². The zero-order valence-electron chi connectivity index (χ0n) is 26.4. The Labute approximate surface area is 285 Å². The fraction of sp³-hybridized carbons (Fsp3) is 0.0500. The van der Waals surface area contributed by atoms with Gasteiger partial charge in [0, 0.05) is 21.5 Å². The number of nitrogens with zero attached hydrogens (tertiary/aromatic N) is 8. The van der Waals surface area contributed by atoms with Crippen LogP contribution < -0.4 is 10.7 Å². The number of aromatic nitrogens is 4. The summed E-state index contributed by atoms with van der Waals surface area (Å²) in [5.41, 5.74) is 7.83. The molecule has 8 nitrogen and oxygen atoms in total. The van der Waals surface area contributed by atoms with E-state index in [9.17, 15) is 23.7 Å². The second kappa shape index (κ2) is 11.0. The summed E-state index contributed by atoms with van der Waals surface area (Å²) in [5.74, 6) is 0. The first-order valence-corrected chi connectivity index (χ1v) is 15.7. The number of rotatable bonds is 2. The van der Waals surface area contributed by atoms with E-state index < -0.39 is 11.7 Å². The lowest BCUT2D eigenvalue weighted by molar-refractivity contribution is -0.137. The molecule has 0 saturated carbocycles. The number of hydrogen-bond donors (Lipinski definition) is 0. The van der Waals surface area contributed by atoms with Crippen LogP contribution in [0.2, 0.25) is 0 Å². The molecule has 0 aliphatic carbocycles. The molecule has 0 aliphatic heterocycles. The largest absolute Gasteiger partial charge is 0.416 e. The fourth-order valence-corrected chi connectivity index (χ4v) is 6.74. The lowest BCUT2D eigenvalue weighted by atomic mass is 10.0. The van der Waals surface area contributed by atoms with E-state index in [-0.39, 0.29) is 0 Å². The van der Waals surface area contributed by atoms with Gasteiger partial charge in [0.2, 0.25) is 12.4 Å². The maximum atomic E-state index is 13.2. The lowest BCUT2D eigenvalue weighted by Crippen LogP contribution is -2.04. The molecular weight excluding hydrogens is 649 g/mol. The number of benzene rings is 5. The summed E-state index contributed by atoms with van der Waals surface area (Å²) in [6.45, 7) is 2.03. The van der Waals surface area contributed by atoms with E-state index in [1.165, 1.54) is 12.1 Å². The van der Waals surface area contributed by atoms with Gasteiger partial charge in [-0.2, -0.15) is 33.7 Å². The Hall–Kier alpha value is -7.11. The van der Waals surface area contributed by atoms with Crippen LogP contribution >= 0.6 is 0 Å². The van der Waals surface area contributed by atoms with E-state index in [1.807, 2.05) is 55.7 Å². The van der Waals surface area contributed by atoms with Crippen molar-refractivity contribution < 1.29 is 13.2 Å². The Bertz CT molecular complexity index is 3140. The Morgan fingerprint density at radius 3 is 1.29 bits per heavy atom. The van der Waals surface area contributed by atoms with E-state index in [1.54, 1.807) is 24.3 Å². The zero-order chi connectivity index (χ0) is 35.0. The van der Waals surface area contributed by atoms with Crippen molar-refractivity contribution in [3.8, 4) is 34.6 Å². The molecule has 11 heteroatoms. The molecule has 240 valence electrons. The second-order valence-electron chi connectivity index (χ2n) is 12.3. The summed E-state index contributed by atoms with van der Waals surface area (Å²) < 4.78 is 39.5. The number of nitriles is 2. The molecule has 0 saturated heterocycles. The first-order valence-electron chi connectivity index (χ1n) is 15.7. The molecule has 2 aromatic heterocycles. The molecule has 0 radical (unpaired) electrons. The molecule has 7 aromatic carbocycles. The van der Waals surface area contributed by atoms with Crippen LogP contribution in [-0.4, -0.2) is 19.9 Å². The van der Waals surface area contributed by atoms with E-state index in [0.29, 0.717) is 76.7 Å². The van der Waals surface area contributed by atoms with Gasteiger partial charge in [0.05, 0.1) is 38.7 Å². The molecule has 9 aromatic rings. The van der Waals surface area contributed by atoms with Gasteiger partial charge in [-0.25, -0.2) is 19.9 Å². The minimum Gasteiger partial charge on any atom is -0.244 e. The quantitative estimate of drug-likeness (QED) is 0.134. The van der Waals surface area contributed by atoms with Gasteiger partial charge in [-0.15, -0.1) is 0 Å². The summed E-state index contributed by atoms with van der Waals surface area (Å²) in [7, 11) is 0. The molecule has 0 atom stereocenters. The van der Waals surface area contributed by atoms with Gasteiger partial charge in [-0.1, -0.05) is 66.2 Å². The molecule has 0 bridgehead atoms. The van der Waals surface area contributed by atoms with Gasteiger partial charge in [0.1, 0.15) is 21.7 Å². The molecule has 0 amide bonds. The highest BCUT2D eigenvalue weighted by Crippen LogP contribution is 2.34. The summed E-state index contributed by atoms with van der Waals surface area (Å²) in [6, 6.07) is 28.0. The Morgan fingerprint density at radius 2 is 0.882 bits per heavy atom. The third kappa shape index (κ3) is 4.75. The molecule has 51 heavy (non-hydrogen) atoms. The molecule has 0 unspecified atom stereocenters. The highest BCUT2D eigenvalue weighted by Gasteiger charge is 2.30. The van der Waals surface area contributed by atoms with Crippen LogP contribution in [0, 0.1) is 29.8 Å². The SMILES string of the molecule is Cc1ccc(-c2ccc3c(c2)/c(=N\C#N)c2nc4cc5nc6c(nc5cc4nc23)/c(=N/C#N)c2cc(-c3ccc(C(F)(F)F)cc3)ccc26)cc1. The molecular formula is C40H19F3N8. The van der Waals surface area contributed by atoms with E-state index >= 15 is 0 Å². The van der Waals surface area contributed by atoms with Crippen LogP contribution in [-0.2, 0) is 6.18 Å². The summed E-state index contributed by atoms with van der Waals surface area (Å²) in [5, 5.41) is 22.9. The van der Waals surface area contributed by atoms with Gasteiger partial charge in [-0.05, 0) is 65.6 Å². The highest BCUT2D eigenvalue weighted by atomic mass is 19.4. The van der Waals surface area contributed by atoms with Crippen molar-refractivity contribution in [1.29, 1.82) is 10.5 Å². The number of fused-ring (bicyclic) bond motifs is 8. The molecule has 0 N–H and O–H groups in total. The second-order valence-corrected chi connectivity index (χ2v) is 12.3. The third-order valence-electron chi connectivity index (χ3n) is 9.21. The third-order valence-corrected chi connectivity index (χ3v) is 9.21. The van der Waals surface area contributed by atoms with Crippen LogP contribution in [0.1, 0.15) is 11.1 Å². The molecule has 0 spiro atoms. The van der Waals surface area contributed by atoms with Crippen molar-refractivity contribution >= 4 is 65.7 Å². The van der Waals surface area contributed by atoms with Crippen LogP contribution in [0.25, 0.3) is 87.9 Å². The summed E-state index contributed by atoms with van der Waals surface area (Å²) >= 11 is 0. The van der Waals surface area contributed by atoms with Gasteiger partial charge < -0.3 is 0 Å². The molecule has 9 rings (SSSR count). The van der Waals surface area contributed by atoms with Crippen molar-refractivity contribution in [2.45, 2.75) is 13.1 Å². The average Bonchev–Trinajstić information content (AvgIpc) is 3.59. The van der Waals surface area contributed by atoms with Crippen LogP contribution in [0.15, 0.2) is 107 Å². The van der Waals surface area contributed by atoms with Crippen molar-refractivity contribution in [3.63, 3.8) is 0 Å². The number of aryl methyl sites for hydroxylation is 1. The number of hydrogen-bond acceptors (Lipinski definition) is 8. The maximum Gasteiger partial charge on any atom is 0.416 e. The molecule has 2 heterocycles. The summed E-state index contributed by atoms with van der Waals surface area (Å²) in [4.78, 5) is 28.0. The Morgan fingerprint density at radius 1 is 0.490 bits per heavy atom. The predicted octanol–water partition coefficient (Wildman–Crippen LogP) is 8.49. The maximum absolute atomic E-state index is 13.2. The monoisotopic (exact) mass is 668 g/mol. The normalized spacial score (nSPS) is 12.9. The van der Waals surface area contributed by atoms with Gasteiger partial charge in [0.25, 0.3) is 0 Å². The lowest BCUT2D eigenvalue weighted by Gasteiger charge is -2.08. The minimum atomic E-state index is -4.44. The zero-order valence-corrected chi connectivity index (χ0v) is 26.4. The molecule has 0 fully saturated rings. The fourth-order valence-electron chi connectivity index (χ4n) is 6.74. The van der Waals surface area contributed by atoms with E-state index in [0.717, 1.165) is 39.6 Å². The first kappa shape index (κ1) is 30.0. The first-order chi connectivity index (χ1) is 24.7. The van der Waals surface area contributed by atoms with Crippen molar-refractivity contribution in [2.24, 2.45) is 9.98 Å². The Kier molecular flexibility index (Phi) is 6.44. The van der Waals surface area contributed by atoms with E-state index in [4.69, 9.17) is 19.9 Å². The topological polar surface area (TPSA) is 124 Å². The van der Waals surface area contributed by atoms with E-state index in [2.05, 4.69) is 22.1 Å². The number of alkyl halides is 3. The minimum absolute atomic E-state index is 0.321. The van der Waals surface area contributed by atoms with Gasteiger partial charge >= 0.3 is 6.18 Å². The van der Waals surface area contributed by atoms with Crippen LogP contribution in [0.4, 0.5) is 13.2 Å². The predicted molar refractivity (Wildman–Crippen MR) is 188 cm³/mol. The van der Waals surface area contributed by atoms with Crippen molar-refractivity contribution in [2.75, 3.05) is 0 Å². The smallest absolute Gasteiger partial charge is 0.244 e. The van der Waals surface area contributed by atoms with Crippen LogP contribution in [0.3, 0.4) is 0 Å². The van der Waals surface area contributed by atoms with Crippen molar-refractivity contribution in [3.05, 3.63) is 119 Å². The molecule has 0 aliphatic rings. The average molecular weight is 669 g/mol. The standard InChI is InChI=1S/C40H19F3N8/c1-20-2-4-21(5-3-20)23-8-12-26-28(14-23)34(46-18-44)38-36(26)48-30-16-33-31(17-32(30)50-38)49-37-27-13-9-24(15-29(27)35(47-19-45)39(37)51-33)22-6-10-25(11-7-22)40(41,42)43/h2-17H,1H3/b46-34+,47-35+. The van der Waals surface area contributed by atoms with Gasteiger partial charge in [-0.3, -0.25) is 0 Å². The number of halogens is 3. The highest BCUT2D eigenvalue weighted by molar-refractivity contribution is 6.13. The van der Waals surface area contributed by atoms with Crippen molar-refractivity contribution in [1.82, 2.24) is 19.9 Å². The van der Waals surface area contributed by atoms with Gasteiger partial charge in [0.15, 0.2) is 0 Å².